The van der Waals surface area contributed by atoms with E-state index < -0.39 is 16.1 Å². The molecule has 0 saturated carbocycles. The van der Waals surface area contributed by atoms with Gasteiger partial charge in [0, 0.05) is 8.07 Å². The van der Waals surface area contributed by atoms with Crippen LogP contribution in [0, 0.1) is 0 Å². The highest BCUT2D eigenvalue weighted by molar-refractivity contribution is 6.91. The first kappa shape index (κ1) is 10.9. The molecule has 0 heterocycles. The molecule has 0 fully saturated rings. The quantitative estimate of drug-likeness (QED) is 0.519. The maximum Gasteiger partial charge on any atom is 0.0504 e. The van der Waals surface area contributed by atoms with Gasteiger partial charge in [-0.25, -0.2) is 11.3 Å². The third kappa shape index (κ3) is 2.61. The van der Waals surface area contributed by atoms with Gasteiger partial charge in [-0.2, -0.15) is 17.3 Å². The predicted octanol–water partition coefficient (Wildman–Crippen LogP) is 2.50. The molecule has 0 aliphatic heterocycles. The minimum absolute atomic E-state index is 1.07. The Bertz CT molecular complexity index is 255. The molecule has 1 rings (SSSR count). The molecule has 0 spiro atoms. The van der Waals surface area contributed by atoms with E-state index in [4.69, 9.17) is 0 Å². The summed E-state index contributed by atoms with van der Waals surface area (Å²) in [6, 6.07) is 7.15. The highest BCUT2D eigenvalue weighted by atomic mass is 28.3. The fourth-order valence-electron chi connectivity index (χ4n) is 1.38. The molecule has 0 radical (unpaired) electrons. The van der Waals surface area contributed by atoms with E-state index in [2.05, 4.69) is 57.5 Å². The van der Waals surface area contributed by atoms with Crippen molar-refractivity contribution in [3.63, 3.8) is 0 Å². The Hall–Kier alpha value is -0.216. The van der Waals surface area contributed by atoms with Crippen LogP contribution in [0.4, 0.5) is 0 Å². The van der Waals surface area contributed by atoms with Gasteiger partial charge in [0.05, 0.1) is 8.07 Å². The summed E-state index contributed by atoms with van der Waals surface area (Å²) >= 11 is 0. The van der Waals surface area contributed by atoms with Gasteiger partial charge in [0.2, 0.25) is 0 Å². The van der Waals surface area contributed by atoms with Crippen molar-refractivity contribution in [2.75, 3.05) is 0 Å². The van der Waals surface area contributed by atoms with E-state index in [1.165, 1.54) is 0 Å². The van der Waals surface area contributed by atoms with Gasteiger partial charge in [-0.3, -0.25) is 0 Å². The first-order valence-electron chi connectivity index (χ1n) is 4.99. The van der Waals surface area contributed by atoms with Crippen molar-refractivity contribution < 1.29 is 0 Å². The largest absolute Gasteiger partial charge is 0.213 e. The van der Waals surface area contributed by atoms with E-state index >= 15 is 0 Å². The van der Waals surface area contributed by atoms with E-state index in [9.17, 15) is 0 Å². The summed E-state index contributed by atoms with van der Waals surface area (Å²) in [5, 5.41) is 3.23. The summed E-state index contributed by atoms with van der Waals surface area (Å²) in [6.07, 6.45) is 0. The lowest BCUT2D eigenvalue weighted by Gasteiger charge is -2.23. The minimum Gasteiger partial charge on any atom is -0.213 e. The lowest BCUT2D eigenvalue weighted by Crippen LogP contribution is -2.40. The third-order valence-electron chi connectivity index (χ3n) is 2.49. The Balaban J connectivity index is 3.01. The van der Waals surface area contributed by atoms with E-state index in [0.29, 0.717) is 0 Å². The minimum atomic E-state index is -1.07. The first-order valence-corrected chi connectivity index (χ1v) is 12.0. The molecule has 0 atom stereocenters. The van der Waals surface area contributed by atoms with Crippen LogP contribution in [0.2, 0.25) is 39.3 Å². The van der Waals surface area contributed by atoms with Crippen molar-refractivity contribution in [2.45, 2.75) is 39.3 Å². The Labute approximate surface area is 84.4 Å². The Morgan fingerprint density at radius 2 is 1.46 bits per heavy atom. The maximum atomic E-state index is 2.46. The topological polar surface area (TPSA) is 0 Å². The van der Waals surface area contributed by atoms with Crippen molar-refractivity contribution in [3.8, 4) is 0 Å². The average Bonchev–Trinajstić information content (AvgIpc) is 2.28. The lowest BCUT2D eigenvalue weighted by molar-refractivity contribution is 1.75. The summed E-state index contributed by atoms with van der Waals surface area (Å²) in [4.78, 5) is 0. The monoisotopic (exact) mass is 209 g/mol. The SMILES string of the molecule is C[Si](C)(C)c1c[cH-]c([Si](C)(C)C)c1. The van der Waals surface area contributed by atoms with Gasteiger partial charge in [-0.15, -0.1) is 0 Å². The van der Waals surface area contributed by atoms with Gasteiger partial charge >= 0.3 is 0 Å². The molecule has 2 heteroatoms. The van der Waals surface area contributed by atoms with Gasteiger partial charge in [0.25, 0.3) is 0 Å². The van der Waals surface area contributed by atoms with Crippen LogP contribution in [0.3, 0.4) is 0 Å². The van der Waals surface area contributed by atoms with E-state index in [1.54, 1.807) is 10.4 Å². The van der Waals surface area contributed by atoms with Crippen molar-refractivity contribution in [3.05, 3.63) is 18.2 Å². The van der Waals surface area contributed by atoms with Crippen LogP contribution >= 0.6 is 0 Å². The second kappa shape index (κ2) is 3.17. The van der Waals surface area contributed by atoms with Gasteiger partial charge in [-0.1, -0.05) is 39.3 Å². The van der Waals surface area contributed by atoms with Crippen LogP contribution in [0.1, 0.15) is 0 Å². The molecule has 0 amide bonds. The van der Waals surface area contributed by atoms with Crippen molar-refractivity contribution in [1.82, 2.24) is 0 Å². The zero-order valence-electron chi connectivity index (χ0n) is 9.73. The molecular formula is C11H21Si2-. The van der Waals surface area contributed by atoms with Gasteiger partial charge in [0.15, 0.2) is 0 Å². The van der Waals surface area contributed by atoms with Crippen molar-refractivity contribution in [1.29, 1.82) is 0 Å². The van der Waals surface area contributed by atoms with E-state index in [-0.39, 0.29) is 0 Å². The van der Waals surface area contributed by atoms with Crippen LogP contribution < -0.4 is 10.4 Å². The fraction of sp³-hybridized carbons (Fsp3) is 0.545. The molecule has 0 bridgehead atoms. The van der Waals surface area contributed by atoms with Crippen LogP contribution in [-0.2, 0) is 0 Å². The van der Waals surface area contributed by atoms with Crippen LogP contribution in [-0.4, -0.2) is 16.1 Å². The predicted molar refractivity (Wildman–Crippen MR) is 68.0 cm³/mol. The standard InChI is InChI=1S/C11H21Si2/c1-12(2,3)10-7-8-11(9-10)13(4,5)6/h7-9H,1-6H3/q-1. The van der Waals surface area contributed by atoms with Crippen LogP contribution in [0.5, 0.6) is 0 Å². The number of hydrogen-bond donors (Lipinski definition) is 0. The Morgan fingerprint density at radius 3 is 1.69 bits per heavy atom. The summed E-state index contributed by atoms with van der Waals surface area (Å²) in [5.74, 6) is 0. The average molecular weight is 209 g/mol. The molecular weight excluding hydrogens is 188 g/mol. The molecule has 13 heavy (non-hydrogen) atoms. The molecule has 0 saturated heterocycles. The second-order valence-corrected chi connectivity index (χ2v) is 16.0. The molecule has 1 aromatic carbocycles. The third-order valence-corrected chi connectivity index (χ3v) is 6.57. The summed E-state index contributed by atoms with van der Waals surface area (Å²) < 4.78 is 0. The molecule has 0 unspecified atom stereocenters. The fourth-order valence-corrected chi connectivity index (χ4v) is 3.86. The van der Waals surface area contributed by atoms with Crippen LogP contribution in [0.15, 0.2) is 18.2 Å². The molecule has 0 aromatic heterocycles. The van der Waals surface area contributed by atoms with Crippen molar-refractivity contribution in [2.24, 2.45) is 0 Å². The van der Waals surface area contributed by atoms with Crippen LogP contribution in [0.25, 0.3) is 0 Å². The normalized spacial score (nSPS) is 13.4. The first-order chi connectivity index (χ1) is 5.71. The van der Waals surface area contributed by atoms with Gasteiger partial charge in [0.1, 0.15) is 0 Å². The molecule has 0 N–H and O–H groups in total. The molecule has 0 aliphatic rings. The van der Waals surface area contributed by atoms with E-state index in [0.717, 1.165) is 0 Å². The summed E-state index contributed by atoms with van der Waals surface area (Å²) in [6.45, 7) is 14.5. The smallest absolute Gasteiger partial charge is 0.0504 e. The highest BCUT2D eigenvalue weighted by Gasteiger charge is 2.15. The van der Waals surface area contributed by atoms with Crippen molar-refractivity contribution >= 4 is 26.5 Å². The van der Waals surface area contributed by atoms with E-state index in [1.807, 2.05) is 0 Å². The van der Waals surface area contributed by atoms with Gasteiger partial charge in [-0.05, 0) is 0 Å². The molecule has 1 aromatic rings. The molecule has 0 aliphatic carbocycles. The highest BCUT2D eigenvalue weighted by Crippen LogP contribution is 2.06. The zero-order chi connectivity index (χ0) is 10.3. The summed E-state index contributed by atoms with van der Waals surface area (Å²) in [7, 11) is -2.14. The van der Waals surface area contributed by atoms with Gasteiger partial charge < -0.3 is 0 Å². The maximum absolute atomic E-state index is 2.46. The summed E-state index contributed by atoms with van der Waals surface area (Å²) in [5.41, 5.74) is 0. The molecule has 74 valence electrons. The second-order valence-electron chi connectivity index (χ2n) is 5.89. The number of rotatable bonds is 2. The Kier molecular flexibility index (Phi) is 2.65. The molecule has 0 nitrogen and oxygen atoms in total. The zero-order valence-corrected chi connectivity index (χ0v) is 11.7. The Morgan fingerprint density at radius 1 is 0.923 bits per heavy atom. The number of hydrogen-bond acceptors (Lipinski definition) is 0. The lowest BCUT2D eigenvalue weighted by atomic mass is 10.7.